The molecule has 4 fully saturated rings. The van der Waals surface area contributed by atoms with Gasteiger partial charge in [0.2, 0.25) is 5.88 Å². The lowest BCUT2D eigenvalue weighted by molar-refractivity contribution is -0.138. The Morgan fingerprint density at radius 2 is 1.82 bits per heavy atom. The zero-order valence-corrected chi connectivity index (χ0v) is 13.1. The van der Waals surface area contributed by atoms with E-state index in [0.717, 1.165) is 42.6 Å². The van der Waals surface area contributed by atoms with E-state index < -0.39 is 0 Å². The highest BCUT2D eigenvalue weighted by Gasteiger charge is 2.53. The molecule has 0 atom stereocenters. The van der Waals surface area contributed by atoms with Crippen LogP contribution >= 0.6 is 0 Å². The molecular weight excluding hydrogens is 274 g/mol. The van der Waals surface area contributed by atoms with Crippen LogP contribution in [0.2, 0.25) is 0 Å². The van der Waals surface area contributed by atoms with Crippen LogP contribution in [-0.2, 0) is 4.79 Å². The second kappa shape index (κ2) is 5.22. The minimum atomic E-state index is -0.0366. The number of ether oxygens (including phenoxy) is 1. The molecule has 3 nitrogen and oxygen atoms in total. The Bertz CT molecular complexity index is 567. The maximum absolute atomic E-state index is 12.9. The fourth-order valence-electron chi connectivity index (χ4n) is 5.37. The third-order valence-electron chi connectivity index (χ3n) is 5.96. The van der Waals surface area contributed by atoms with Crippen LogP contribution < -0.4 is 4.74 Å². The van der Waals surface area contributed by atoms with Crippen molar-refractivity contribution in [2.24, 2.45) is 23.2 Å². The molecule has 4 saturated carbocycles. The van der Waals surface area contributed by atoms with Crippen molar-refractivity contribution in [3.63, 3.8) is 0 Å². The van der Waals surface area contributed by atoms with Crippen molar-refractivity contribution in [1.82, 2.24) is 4.98 Å². The molecule has 116 valence electrons. The smallest absolute Gasteiger partial charge is 0.212 e. The molecule has 0 amide bonds. The second-order valence-corrected chi connectivity index (χ2v) is 7.53. The van der Waals surface area contributed by atoms with Crippen molar-refractivity contribution in [2.75, 3.05) is 7.11 Å². The van der Waals surface area contributed by atoms with Crippen LogP contribution in [0.15, 0.2) is 24.4 Å². The fourth-order valence-corrected chi connectivity index (χ4v) is 5.37. The van der Waals surface area contributed by atoms with Crippen LogP contribution in [0.25, 0.3) is 6.08 Å². The maximum Gasteiger partial charge on any atom is 0.212 e. The standard InChI is InChI=1S/C19H23NO2/c1-22-18-5-3-13(12-20-18)2-4-17(21)19-9-14-6-15(10-19)8-16(7-14)11-19/h2-5,12,14-16H,6-11H2,1H3. The summed E-state index contributed by atoms with van der Waals surface area (Å²) in [6.07, 6.45) is 13.0. The first-order chi connectivity index (χ1) is 10.7. The number of hydrogen-bond acceptors (Lipinski definition) is 3. The largest absolute Gasteiger partial charge is 0.481 e. The van der Waals surface area contributed by atoms with Gasteiger partial charge in [-0.3, -0.25) is 4.79 Å². The predicted octanol–water partition coefficient (Wildman–Crippen LogP) is 3.89. The first kappa shape index (κ1) is 14.0. The van der Waals surface area contributed by atoms with Gasteiger partial charge in [0.1, 0.15) is 0 Å². The lowest BCUT2D eigenvalue weighted by atomic mass is 9.48. The van der Waals surface area contributed by atoms with Gasteiger partial charge >= 0.3 is 0 Å². The molecule has 0 radical (unpaired) electrons. The van der Waals surface area contributed by atoms with Gasteiger partial charge in [-0.05, 0) is 80.1 Å². The van der Waals surface area contributed by atoms with Crippen molar-refractivity contribution >= 4 is 11.9 Å². The highest BCUT2D eigenvalue weighted by molar-refractivity contribution is 5.98. The van der Waals surface area contributed by atoms with Gasteiger partial charge in [0.25, 0.3) is 0 Å². The lowest BCUT2D eigenvalue weighted by Crippen LogP contribution is -2.49. The van der Waals surface area contributed by atoms with E-state index in [1.54, 1.807) is 19.4 Å². The Kier molecular flexibility index (Phi) is 3.32. The van der Waals surface area contributed by atoms with Crippen molar-refractivity contribution in [3.05, 3.63) is 30.0 Å². The molecule has 5 rings (SSSR count). The first-order valence-electron chi connectivity index (χ1n) is 8.39. The Balaban J connectivity index is 1.50. The van der Waals surface area contributed by atoms with Crippen molar-refractivity contribution < 1.29 is 9.53 Å². The fraction of sp³-hybridized carbons (Fsp3) is 0.579. The zero-order valence-electron chi connectivity index (χ0n) is 13.1. The average molecular weight is 297 g/mol. The van der Waals surface area contributed by atoms with Crippen LogP contribution in [0.1, 0.15) is 44.1 Å². The minimum absolute atomic E-state index is 0.0366. The van der Waals surface area contributed by atoms with E-state index in [1.165, 1.54) is 19.3 Å². The number of allylic oxidation sites excluding steroid dienone is 1. The summed E-state index contributed by atoms with van der Waals surface area (Å²) in [6.45, 7) is 0. The second-order valence-electron chi connectivity index (χ2n) is 7.53. The van der Waals surface area contributed by atoms with E-state index in [2.05, 4.69) is 4.98 Å². The van der Waals surface area contributed by atoms with E-state index in [4.69, 9.17) is 4.74 Å². The Morgan fingerprint density at radius 3 is 2.32 bits per heavy atom. The highest BCUT2D eigenvalue weighted by Crippen LogP contribution is 2.60. The first-order valence-corrected chi connectivity index (χ1v) is 8.39. The number of ketones is 1. The van der Waals surface area contributed by atoms with Crippen LogP contribution in [0.5, 0.6) is 5.88 Å². The van der Waals surface area contributed by atoms with Crippen molar-refractivity contribution in [1.29, 1.82) is 0 Å². The molecular formula is C19H23NO2. The number of carbonyl (C=O) groups is 1. The molecule has 0 aliphatic heterocycles. The van der Waals surface area contributed by atoms with Gasteiger partial charge < -0.3 is 4.74 Å². The van der Waals surface area contributed by atoms with Gasteiger partial charge in [-0.1, -0.05) is 0 Å². The molecule has 4 aliphatic rings. The highest BCUT2D eigenvalue weighted by atomic mass is 16.5. The van der Waals surface area contributed by atoms with Gasteiger partial charge in [0, 0.05) is 17.7 Å². The number of carbonyl (C=O) groups excluding carboxylic acids is 1. The number of methoxy groups -OCH3 is 1. The molecule has 1 heterocycles. The molecule has 1 aromatic rings. The van der Waals surface area contributed by atoms with Gasteiger partial charge in [-0.2, -0.15) is 0 Å². The molecule has 1 aromatic heterocycles. The Labute approximate surface area is 131 Å². The van der Waals surface area contributed by atoms with Crippen LogP contribution in [0.4, 0.5) is 0 Å². The summed E-state index contributed by atoms with van der Waals surface area (Å²) in [6, 6.07) is 3.77. The molecule has 4 aliphatic carbocycles. The van der Waals surface area contributed by atoms with Crippen LogP contribution in [0, 0.1) is 23.2 Å². The molecule has 0 N–H and O–H groups in total. The van der Waals surface area contributed by atoms with Crippen molar-refractivity contribution in [2.45, 2.75) is 38.5 Å². The minimum Gasteiger partial charge on any atom is -0.481 e. The molecule has 0 unspecified atom stereocenters. The van der Waals surface area contributed by atoms with E-state index in [-0.39, 0.29) is 5.41 Å². The van der Waals surface area contributed by atoms with Crippen molar-refractivity contribution in [3.8, 4) is 5.88 Å². The van der Waals surface area contributed by atoms with E-state index in [9.17, 15) is 4.79 Å². The van der Waals surface area contributed by atoms with Crippen LogP contribution in [0.3, 0.4) is 0 Å². The monoisotopic (exact) mass is 297 g/mol. The Morgan fingerprint density at radius 1 is 1.18 bits per heavy atom. The summed E-state index contributed by atoms with van der Waals surface area (Å²) < 4.78 is 5.06. The summed E-state index contributed by atoms with van der Waals surface area (Å²) in [5.41, 5.74) is 0.921. The summed E-state index contributed by atoms with van der Waals surface area (Å²) in [4.78, 5) is 17.0. The third-order valence-corrected chi connectivity index (χ3v) is 5.96. The zero-order chi connectivity index (χ0) is 15.2. The normalized spacial score (nSPS) is 36.0. The molecule has 22 heavy (non-hydrogen) atoms. The number of hydrogen-bond donors (Lipinski definition) is 0. The summed E-state index contributed by atoms with van der Waals surface area (Å²) >= 11 is 0. The molecule has 3 heteroatoms. The van der Waals surface area contributed by atoms with Gasteiger partial charge in [0.15, 0.2) is 5.78 Å². The summed E-state index contributed by atoms with van der Waals surface area (Å²) in [7, 11) is 1.61. The predicted molar refractivity (Wildman–Crippen MR) is 85.4 cm³/mol. The number of aromatic nitrogens is 1. The van der Waals surface area contributed by atoms with E-state index >= 15 is 0 Å². The molecule has 0 aromatic carbocycles. The molecule has 0 spiro atoms. The topological polar surface area (TPSA) is 39.2 Å². The summed E-state index contributed by atoms with van der Waals surface area (Å²) in [5, 5.41) is 0. The maximum atomic E-state index is 12.9. The number of rotatable bonds is 4. The van der Waals surface area contributed by atoms with E-state index in [0.29, 0.717) is 11.7 Å². The SMILES string of the molecule is COc1ccc(C=CC(=O)C23CC4CC(CC(C4)C2)C3)cn1. The van der Waals surface area contributed by atoms with Gasteiger partial charge in [-0.25, -0.2) is 4.98 Å². The van der Waals surface area contributed by atoms with Gasteiger partial charge in [-0.15, -0.1) is 0 Å². The quantitative estimate of drug-likeness (QED) is 0.791. The Hall–Kier alpha value is -1.64. The third kappa shape index (κ3) is 2.37. The number of pyridine rings is 1. The molecule has 0 saturated heterocycles. The van der Waals surface area contributed by atoms with Crippen LogP contribution in [-0.4, -0.2) is 17.9 Å². The number of nitrogens with zero attached hydrogens (tertiary/aromatic N) is 1. The lowest BCUT2D eigenvalue weighted by Gasteiger charge is -2.55. The summed E-state index contributed by atoms with van der Waals surface area (Å²) in [5.74, 6) is 3.38. The van der Waals surface area contributed by atoms with Gasteiger partial charge in [0.05, 0.1) is 7.11 Å². The molecule has 4 bridgehead atoms. The van der Waals surface area contributed by atoms with E-state index in [1.807, 2.05) is 18.2 Å². The average Bonchev–Trinajstić information content (AvgIpc) is 2.51.